The Morgan fingerprint density at radius 1 is 1.16 bits per heavy atom. The molecule has 2 aromatic rings. The molecule has 1 fully saturated rings. The summed E-state index contributed by atoms with van der Waals surface area (Å²) in [6.45, 7) is 8.17. The summed E-state index contributed by atoms with van der Waals surface area (Å²) in [6, 6.07) is 3.43. The van der Waals surface area contributed by atoms with Crippen LogP contribution in [-0.2, 0) is 0 Å². The van der Waals surface area contributed by atoms with Crippen molar-refractivity contribution < 1.29 is 9.18 Å². The second-order valence-electron chi connectivity index (χ2n) is 9.24. The number of aromatic nitrogens is 1. The van der Waals surface area contributed by atoms with Crippen molar-refractivity contribution in [3.63, 3.8) is 0 Å². The Bertz CT molecular complexity index is 991. The third-order valence-corrected chi connectivity index (χ3v) is 6.77. The summed E-state index contributed by atoms with van der Waals surface area (Å²) in [6.07, 6.45) is 10.8. The number of carbonyl (C=O) groups is 1. The first-order valence-electron chi connectivity index (χ1n) is 12.3. The molecule has 0 spiro atoms. The molecule has 5 nitrogen and oxygen atoms in total. The number of hydrogen-bond acceptors (Lipinski definition) is 3. The van der Waals surface area contributed by atoms with Gasteiger partial charge < -0.3 is 15.2 Å². The molecule has 32 heavy (non-hydrogen) atoms. The van der Waals surface area contributed by atoms with Crippen LogP contribution in [0.1, 0.15) is 102 Å². The van der Waals surface area contributed by atoms with Crippen molar-refractivity contribution >= 4 is 22.5 Å². The molecule has 3 rings (SSSR count). The maximum atomic E-state index is 15.1. The predicted molar refractivity (Wildman–Crippen MR) is 130 cm³/mol. The highest BCUT2D eigenvalue weighted by molar-refractivity contribution is 5.98. The van der Waals surface area contributed by atoms with Crippen molar-refractivity contribution in [1.29, 1.82) is 0 Å². The number of anilines is 1. The minimum atomic E-state index is -0.437. The van der Waals surface area contributed by atoms with E-state index in [1.54, 1.807) is 12.3 Å². The molecule has 176 valence electrons. The summed E-state index contributed by atoms with van der Waals surface area (Å²) >= 11 is 0. The summed E-state index contributed by atoms with van der Waals surface area (Å²) in [4.78, 5) is 26.2. The van der Waals surface area contributed by atoms with E-state index < -0.39 is 11.2 Å². The van der Waals surface area contributed by atoms with Gasteiger partial charge in [0.2, 0.25) is 5.43 Å². The topological polar surface area (TPSA) is 63.1 Å². The molecule has 1 amide bonds. The second-order valence-corrected chi connectivity index (χ2v) is 9.24. The largest absolute Gasteiger partial charge is 0.380 e. The molecule has 1 aliphatic carbocycles. The van der Waals surface area contributed by atoms with Gasteiger partial charge in [-0.25, -0.2) is 4.39 Å². The number of halogens is 1. The number of amides is 1. The molecule has 0 bridgehead atoms. The van der Waals surface area contributed by atoms with Gasteiger partial charge in [0.25, 0.3) is 5.91 Å². The molecule has 0 saturated heterocycles. The fraction of sp³-hybridized carbons (Fsp3) is 0.615. The molecule has 0 aliphatic heterocycles. The van der Waals surface area contributed by atoms with E-state index in [9.17, 15) is 9.59 Å². The third kappa shape index (κ3) is 5.33. The number of fused-ring (bicyclic) bond motifs is 1. The second kappa shape index (κ2) is 11.0. The highest BCUT2D eigenvalue weighted by Crippen LogP contribution is 2.29. The van der Waals surface area contributed by atoms with Crippen molar-refractivity contribution in [1.82, 2.24) is 9.88 Å². The maximum Gasteiger partial charge on any atom is 0.256 e. The van der Waals surface area contributed by atoms with Crippen LogP contribution in [0, 0.1) is 5.82 Å². The molecule has 1 aliphatic rings. The molecular weight excluding hydrogens is 405 g/mol. The summed E-state index contributed by atoms with van der Waals surface area (Å²) in [5.41, 5.74) is 0.796. The molecule has 0 radical (unpaired) electrons. The van der Waals surface area contributed by atoms with Gasteiger partial charge in [0.1, 0.15) is 11.4 Å². The van der Waals surface area contributed by atoms with Crippen LogP contribution in [0.2, 0.25) is 0 Å². The molecule has 1 aromatic heterocycles. The highest BCUT2D eigenvalue weighted by atomic mass is 19.1. The summed E-state index contributed by atoms with van der Waals surface area (Å²) in [5, 5.41) is 6.56. The minimum absolute atomic E-state index is 0.0250. The van der Waals surface area contributed by atoms with E-state index in [1.807, 2.05) is 11.5 Å². The number of nitrogens with one attached hydrogen (secondary N) is 2. The number of benzene rings is 1. The van der Waals surface area contributed by atoms with Crippen molar-refractivity contribution in [2.75, 3.05) is 5.32 Å². The monoisotopic (exact) mass is 443 g/mol. The van der Waals surface area contributed by atoms with Crippen LogP contribution in [0.3, 0.4) is 0 Å². The van der Waals surface area contributed by atoms with Crippen LogP contribution in [-0.4, -0.2) is 22.6 Å². The summed E-state index contributed by atoms with van der Waals surface area (Å²) < 4.78 is 17.1. The van der Waals surface area contributed by atoms with Crippen molar-refractivity contribution in [3.05, 3.63) is 39.9 Å². The van der Waals surface area contributed by atoms with Gasteiger partial charge in [-0.05, 0) is 51.2 Å². The third-order valence-electron chi connectivity index (χ3n) is 6.77. The van der Waals surface area contributed by atoms with Gasteiger partial charge in [-0.1, -0.05) is 46.5 Å². The van der Waals surface area contributed by atoms with Gasteiger partial charge in [0.05, 0.1) is 11.2 Å². The Hall–Kier alpha value is -2.37. The highest BCUT2D eigenvalue weighted by Gasteiger charge is 2.22. The van der Waals surface area contributed by atoms with E-state index in [0.717, 1.165) is 51.4 Å². The fourth-order valence-corrected chi connectivity index (χ4v) is 4.90. The van der Waals surface area contributed by atoms with Crippen LogP contribution < -0.4 is 16.1 Å². The van der Waals surface area contributed by atoms with Crippen LogP contribution in [0.25, 0.3) is 10.9 Å². The van der Waals surface area contributed by atoms with E-state index in [0.29, 0.717) is 11.2 Å². The zero-order chi connectivity index (χ0) is 23.3. The molecule has 1 heterocycles. The van der Waals surface area contributed by atoms with Crippen molar-refractivity contribution in [2.24, 2.45) is 0 Å². The van der Waals surface area contributed by atoms with Crippen molar-refractivity contribution in [2.45, 2.75) is 104 Å². The first-order chi connectivity index (χ1) is 15.4. The Labute approximate surface area is 190 Å². The zero-order valence-electron chi connectivity index (χ0n) is 20.0. The van der Waals surface area contributed by atoms with Gasteiger partial charge in [-0.15, -0.1) is 0 Å². The van der Waals surface area contributed by atoms with E-state index in [-0.39, 0.29) is 35.0 Å². The number of pyridine rings is 1. The van der Waals surface area contributed by atoms with Gasteiger partial charge in [0, 0.05) is 29.7 Å². The quantitative estimate of drug-likeness (QED) is 0.487. The number of hydrogen-bond donors (Lipinski definition) is 2. The van der Waals surface area contributed by atoms with Gasteiger partial charge in [0.15, 0.2) is 0 Å². The Morgan fingerprint density at radius 3 is 2.47 bits per heavy atom. The lowest BCUT2D eigenvalue weighted by Crippen LogP contribution is -2.36. The minimum Gasteiger partial charge on any atom is -0.380 e. The predicted octanol–water partition coefficient (Wildman–Crippen LogP) is 6.16. The van der Waals surface area contributed by atoms with E-state index in [2.05, 4.69) is 31.4 Å². The normalized spacial score (nSPS) is 15.8. The standard InChI is InChI=1S/C26H38FN3O2/c1-5-11-17(4)28-26(32)21-16-30(19(6-2)7-3)24-15-23(22(27)14-20(24)25(21)31)29-18-12-9-8-10-13-18/h14-19,29H,5-13H2,1-4H3,(H,28,32)/t17-/m0/s1. The average molecular weight is 444 g/mol. The Kier molecular flexibility index (Phi) is 8.32. The molecule has 1 atom stereocenters. The molecule has 1 saturated carbocycles. The van der Waals surface area contributed by atoms with E-state index in [1.165, 1.54) is 12.5 Å². The van der Waals surface area contributed by atoms with Gasteiger partial charge in [-0.2, -0.15) is 0 Å². The lowest BCUT2D eigenvalue weighted by Gasteiger charge is -2.26. The van der Waals surface area contributed by atoms with E-state index >= 15 is 4.39 Å². The molecule has 0 unspecified atom stereocenters. The lowest BCUT2D eigenvalue weighted by molar-refractivity contribution is 0.0936. The van der Waals surface area contributed by atoms with Crippen LogP contribution >= 0.6 is 0 Å². The van der Waals surface area contributed by atoms with Crippen molar-refractivity contribution in [3.8, 4) is 0 Å². The lowest BCUT2D eigenvalue weighted by atomic mass is 9.95. The molecule has 2 N–H and O–H groups in total. The van der Waals surface area contributed by atoms with Gasteiger partial charge >= 0.3 is 0 Å². The van der Waals surface area contributed by atoms with E-state index in [4.69, 9.17) is 0 Å². The fourth-order valence-electron chi connectivity index (χ4n) is 4.90. The Balaban J connectivity index is 2.10. The number of nitrogens with zero attached hydrogens (tertiary/aromatic N) is 1. The average Bonchev–Trinajstić information content (AvgIpc) is 2.77. The molecule has 6 heteroatoms. The Morgan fingerprint density at radius 2 is 1.84 bits per heavy atom. The SMILES string of the molecule is CCC[C@H](C)NC(=O)c1cn(C(CC)CC)c2cc(NC3CCCCC3)c(F)cc2c1=O. The molecule has 1 aromatic carbocycles. The smallest absolute Gasteiger partial charge is 0.256 e. The number of carbonyl (C=O) groups excluding carboxylic acids is 1. The first kappa shape index (κ1) is 24.3. The zero-order valence-corrected chi connectivity index (χ0v) is 20.0. The maximum absolute atomic E-state index is 15.1. The summed E-state index contributed by atoms with van der Waals surface area (Å²) in [5.74, 6) is -0.824. The number of rotatable bonds is 9. The van der Waals surface area contributed by atoms with Crippen LogP contribution in [0.15, 0.2) is 23.1 Å². The molecular formula is C26H38FN3O2. The van der Waals surface area contributed by atoms with Crippen LogP contribution in [0.5, 0.6) is 0 Å². The van der Waals surface area contributed by atoms with Crippen LogP contribution in [0.4, 0.5) is 10.1 Å². The summed E-state index contributed by atoms with van der Waals surface area (Å²) in [7, 11) is 0. The first-order valence-corrected chi connectivity index (χ1v) is 12.3. The van der Waals surface area contributed by atoms with Gasteiger partial charge in [-0.3, -0.25) is 9.59 Å².